The predicted molar refractivity (Wildman–Crippen MR) is 127 cm³/mol. The van der Waals surface area contributed by atoms with Gasteiger partial charge < -0.3 is 24.8 Å². The van der Waals surface area contributed by atoms with E-state index in [1.165, 1.54) is 5.56 Å². The number of nitrogens with one attached hydrogen (secondary N) is 2. The first-order chi connectivity index (χ1) is 13.3. The lowest BCUT2D eigenvalue weighted by Gasteiger charge is -2.11. The molecule has 0 spiro atoms. The number of hydrogen-bond acceptors (Lipinski definition) is 4. The molecule has 1 aromatic carbocycles. The first-order valence-corrected chi connectivity index (χ1v) is 10.1. The summed E-state index contributed by atoms with van der Waals surface area (Å²) in [6.07, 6.45) is 2.13. The third-order valence-corrected chi connectivity index (χ3v) is 3.81. The number of nitrogens with zero attached hydrogens (tertiary/aromatic N) is 1. The van der Waals surface area contributed by atoms with Crippen LogP contribution in [0.4, 0.5) is 0 Å². The van der Waals surface area contributed by atoms with Crippen LogP contribution in [-0.2, 0) is 27.4 Å². The highest BCUT2D eigenvalue weighted by molar-refractivity contribution is 14.0. The molecule has 1 aromatic rings. The van der Waals surface area contributed by atoms with Gasteiger partial charge in [-0.2, -0.15) is 0 Å². The Bertz CT molecular complexity index is 515. The Labute approximate surface area is 187 Å². The maximum absolute atomic E-state index is 5.64. The van der Waals surface area contributed by atoms with Crippen LogP contribution in [0.5, 0.6) is 0 Å². The molecule has 0 saturated carbocycles. The Morgan fingerprint density at radius 1 is 0.893 bits per heavy atom. The summed E-state index contributed by atoms with van der Waals surface area (Å²) < 4.78 is 16.3. The second-order valence-corrected chi connectivity index (χ2v) is 6.10. The largest absolute Gasteiger partial charge is 0.382 e. The molecule has 0 atom stereocenters. The van der Waals surface area contributed by atoms with Crippen molar-refractivity contribution in [2.24, 2.45) is 4.99 Å². The molecule has 0 radical (unpaired) electrons. The summed E-state index contributed by atoms with van der Waals surface area (Å²) >= 11 is 0. The summed E-state index contributed by atoms with van der Waals surface area (Å²) in [5, 5.41) is 6.67. The van der Waals surface area contributed by atoms with Gasteiger partial charge in [-0.25, -0.2) is 4.99 Å². The molecule has 7 heteroatoms. The summed E-state index contributed by atoms with van der Waals surface area (Å²) in [4.78, 5) is 4.68. The fourth-order valence-corrected chi connectivity index (χ4v) is 2.46. The molecule has 0 saturated heterocycles. The highest BCUT2D eigenvalue weighted by atomic mass is 127. The minimum atomic E-state index is 0. The average Bonchev–Trinajstić information content (AvgIpc) is 2.69. The summed E-state index contributed by atoms with van der Waals surface area (Å²) in [5.41, 5.74) is 2.34. The van der Waals surface area contributed by atoms with Gasteiger partial charge in [0.15, 0.2) is 5.96 Å². The van der Waals surface area contributed by atoms with Gasteiger partial charge in [-0.15, -0.1) is 24.0 Å². The summed E-state index contributed by atoms with van der Waals surface area (Å²) in [6.45, 7) is 12.7. The van der Waals surface area contributed by atoms with Gasteiger partial charge in [0, 0.05) is 32.9 Å². The van der Waals surface area contributed by atoms with E-state index >= 15 is 0 Å². The third-order valence-electron chi connectivity index (χ3n) is 3.81. The van der Waals surface area contributed by atoms with Crippen LogP contribution in [-0.4, -0.2) is 52.1 Å². The summed E-state index contributed by atoms with van der Waals surface area (Å²) in [5.74, 6) is 0.854. The number of hydrogen-bond donors (Lipinski definition) is 2. The maximum Gasteiger partial charge on any atom is 0.191 e. The van der Waals surface area contributed by atoms with Gasteiger partial charge in [0.1, 0.15) is 0 Å². The van der Waals surface area contributed by atoms with E-state index in [4.69, 9.17) is 14.2 Å². The van der Waals surface area contributed by atoms with Gasteiger partial charge in [-0.05, 0) is 44.7 Å². The zero-order chi connectivity index (χ0) is 19.6. The van der Waals surface area contributed by atoms with Crippen LogP contribution in [0.1, 0.15) is 44.7 Å². The Hall–Kier alpha value is -0.900. The Balaban J connectivity index is 0.00000729. The Kier molecular flexibility index (Phi) is 18.8. The molecule has 0 aromatic heterocycles. The number of unbranched alkanes of at least 4 members (excludes halogenated alkanes) is 1. The molecule has 0 bridgehead atoms. The van der Waals surface area contributed by atoms with Gasteiger partial charge in [0.2, 0.25) is 0 Å². The van der Waals surface area contributed by atoms with Gasteiger partial charge in [-0.1, -0.05) is 24.3 Å². The van der Waals surface area contributed by atoms with Crippen LogP contribution in [0, 0.1) is 0 Å². The van der Waals surface area contributed by atoms with Crippen LogP contribution in [0.2, 0.25) is 0 Å². The van der Waals surface area contributed by atoms with Gasteiger partial charge in [0.25, 0.3) is 0 Å². The molecule has 0 aliphatic carbocycles. The van der Waals surface area contributed by atoms with Crippen molar-refractivity contribution in [1.82, 2.24) is 10.6 Å². The molecule has 0 aliphatic heterocycles. The van der Waals surface area contributed by atoms with E-state index in [0.717, 1.165) is 57.3 Å². The Morgan fingerprint density at radius 3 is 2.36 bits per heavy atom. The SMILES string of the molecule is CCNC(=NCc1cccc(COCCOCC)c1)NCCCCOCC.I. The monoisotopic (exact) mass is 507 g/mol. The van der Waals surface area contributed by atoms with Gasteiger partial charge in [0.05, 0.1) is 26.4 Å². The van der Waals surface area contributed by atoms with E-state index in [0.29, 0.717) is 26.4 Å². The summed E-state index contributed by atoms with van der Waals surface area (Å²) in [7, 11) is 0. The van der Waals surface area contributed by atoms with E-state index in [1.54, 1.807) is 0 Å². The van der Waals surface area contributed by atoms with Crippen molar-refractivity contribution in [3.8, 4) is 0 Å². The van der Waals surface area contributed by atoms with E-state index < -0.39 is 0 Å². The Morgan fingerprint density at radius 2 is 1.61 bits per heavy atom. The molecule has 6 nitrogen and oxygen atoms in total. The fourth-order valence-electron chi connectivity index (χ4n) is 2.46. The lowest BCUT2D eigenvalue weighted by Crippen LogP contribution is -2.37. The number of aliphatic imine (C=N–C) groups is 1. The van der Waals surface area contributed by atoms with Crippen LogP contribution in [0.3, 0.4) is 0 Å². The normalized spacial score (nSPS) is 11.2. The van der Waals surface area contributed by atoms with E-state index in [-0.39, 0.29) is 24.0 Å². The molecule has 1 rings (SSSR count). The van der Waals surface area contributed by atoms with Crippen molar-refractivity contribution in [2.45, 2.75) is 46.8 Å². The average molecular weight is 507 g/mol. The van der Waals surface area contributed by atoms with Crippen molar-refractivity contribution < 1.29 is 14.2 Å². The molecular formula is C21H38IN3O3. The molecule has 0 heterocycles. The van der Waals surface area contributed by atoms with Gasteiger partial charge in [-0.3, -0.25) is 0 Å². The molecule has 28 heavy (non-hydrogen) atoms. The minimum absolute atomic E-state index is 0. The second kappa shape index (κ2) is 19.4. The van der Waals surface area contributed by atoms with Crippen LogP contribution >= 0.6 is 24.0 Å². The molecule has 2 N–H and O–H groups in total. The van der Waals surface area contributed by atoms with Crippen LogP contribution in [0.25, 0.3) is 0 Å². The first kappa shape index (κ1) is 27.1. The fraction of sp³-hybridized carbons (Fsp3) is 0.667. The van der Waals surface area contributed by atoms with E-state index in [9.17, 15) is 0 Å². The van der Waals surface area contributed by atoms with Gasteiger partial charge >= 0.3 is 0 Å². The highest BCUT2D eigenvalue weighted by Gasteiger charge is 2.00. The van der Waals surface area contributed by atoms with Crippen molar-refractivity contribution >= 4 is 29.9 Å². The third kappa shape index (κ3) is 14.1. The van der Waals surface area contributed by atoms with Crippen molar-refractivity contribution in [1.29, 1.82) is 0 Å². The number of guanidine groups is 1. The maximum atomic E-state index is 5.64. The first-order valence-electron chi connectivity index (χ1n) is 10.1. The second-order valence-electron chi connectivity index (χ2n) is 6.10. The number of benzene rings is 1. The van der Waals surface area contributed by atoms with Crippen molar-refractivity contribution in [3.05, 3.63) is 35.4 Å². The van der Waals surface area contributed by atoms with Crippen molar-refractivity contribution in [2.75, 3.05) is 46.1 Å². The number of rotatable bonds is 15. The quantitative estimate of drug-likeness (QED) is 0.164. The molecule has 0 unspecified atom stereocenters. The number of halogens is 1. The molecular weight excluding hydrogens is 469 g/mol. The van der Waals surface area contributed by atoms with E-state index in [2.05, 4.69) is 46.8 Å². The minimum Gasteiger partial charge on any atom is -0.382 e. The number of ether oxygens (including phenoxy) is 3. The predicted octanol–water partition coefficient (Wildman–Crippen LogP) is 3.73. The lowest BCUT2D eigenvalue weighted by molar-refractivity contribution is 0.0453. The lowest BCUT2D eigenvalue weighted by atomic mass is 10.1. The summed E-state index contributed by atoms with van der Waals surface area (Å²) in [6, 6.07) is 8.38. The molecule has 162 valence electrons. The van der Waals surface area contributed by atoms with Crippen LogP contribution in [0.15, 0.2) is 29.3 Å². The molecule has 0 aliphatic rings. The smallest absolute Gasteiger partial charge is 0.191 e. The zero-order valence-electron chi connectivity index (χ0n) is 17.7. The van der Waals surface area contributed by atoms with Crippen molar-refractivity contribution in [3.63, 3.8) is 0 Å². The van der Waals surface area contributed by atoms with E-state index in [1.807, 2.05) is 13.8 Å². The van der Waals surface area contributed by atoms with Crippen LogP contribution < -0.4 is 10.6 Å². The zero-order valence-corrected chi connectivity index (χ0v) is 20.0. The molecule has 0 fully saturated rings. The topological polar surface area (TPSA) is 64.1 Å². The highest BCUT2D eigenvalue weighted by Crippen LogP contribution is 2.08. The standard InChI is InChI=1S/C21H37N3O3.HI/c1-4-22-21(23-12-7-8-13-25-5-2)24-17-19-10-9-11-20(16-19)18-27-15-14-26-6-3;/h9-11,16H,4-8,12-15,17-18H2,1-3H3,(H2,22,23,24);1H. The molecule has 0 amide bonds.